The van der Waals surface area contributed by atoms with Gasteiger partial charge in [-0.15, -0.1) is 36.2 Å². The number of hydrogen-bond acceptors (Lipinski definition) is 6. The van der Waals surface area contributed by atoms with Crippen molar-refractivity contribution in [1.82, 2.24) is 15.2 Å². The monoisotopic (exact) mass is 431 g/mol. The maximum absolute atomic E-state index is 11.8. The third-order valence-corrected chi connectivity index (χ3v) is 4.93. The van der Waals surface area contributed by atoms with Crippen molar-refractivity contribution < 1.29 is 9.59 Å². The lowest BCUT2D eigenvalue weighted by Crippen LogP contribution is -2.36. The molecule has 1 aliphatic rings. The first-order valence-electron chi connectivity index (χ1n) is 8.15. The van der Waals surface area contributed by atoms with Gasteiger partial charge in [0.15, 0.2) is 5.13 Å². The minimum absolute atomic E-state index is 0. The van der Waals surface area contributed by atoms with E-state index in [2.05, 4.69) is 44.8 Å². The molecule has 0 saturated heterocycles. The van der Waals surface area contributed by atoms with Crippen LogP contribution in [0.1, 0.15) is 16.1 Å². The van der Waals surface area contributed by atoms with Crippen molar-refractivity contribution in [2.24, 2.45) is 5.73 Å². The van der Waals surface area contributed by atoms with E-state index in [-0.39, 0.29) is 49.7 Å². The van der Waals surface area contributed by atoms with Crippen LogP contribution >= 0.6 is 36.2 Å². The second kappa shape index (κ2) is 11.2. The molecule has 7 nitrogen and oxygen atoms in total. The number of carbonyl (C=O) groups excluding carboxylic acids is 2. The Balaban J connectivity index is 0.00000182. The topological polar surface area (TPSA) is 100 Å². The summed E-state index contributed by atoms with van der Waals surface area (Å²) in [6.45, 7) is 2.47. The average molecular weight is 432 g/mol. The minimum Gasteiger partial charge on any atom is -0.346 e. The molecule has 10 heteroatoms. The highest BCUT2D eigenvalue weighted by atomic mass is 35.5. The number of carbonyl (C=O) groups is 2. The van der Waals surface area contributed by atoms with Crippen molar-refractivity contribution in [2.45, 2.75) is 19.5 Å². The molecule has 2 heterocycles. The Hall–Kier alpha value is -1.71. The zero-order valence-electron chi connectivity index (χ0n) is 14.6. The van der Waals surface area contributed by atoms with Crippen LogP contribution in [-0.2, 0) is 29.1 Å². The molecular formula is C17H23Cl2N5O2S. The van der Waals surface area contributed by atoms with Gasteiger partial charge in [0.25, 0.3) is 0 Å². The summed E-state index contributed by atoms with van der Waals surface area (Å²) in [5, 5.41) is 5.76. The molecule has 1 aromatic heterocycles. The van der Waals surface area contributed by atoms with Gasteiger partial charge >= 0.3 is 0 Å². The van der Waals surface area contributed by atoms with Crippen LogP contribution in [0.5, 0.6) is 0 Å². The number of fused-ring (bicyclic) bond motifs is 1. The summed E-state index contributed by atoms with van der Waals surface area (Å²) in [6, 6.07) is 10.4. The fourth-order valence-corrected chi connectivity index (χ4v) is 3.76. The van der Waals surface area contributed by atoms with Crippen LogP contribution in [0, 0.1) is 0 Å². The van der Waals surface area contributed by atoms with E-state index < -0.39 is 0 Å². The molecule has 2 amide bonds. The first-order chi connectivity index (χ1) is 12.1. The number of amides is 2. The SMILES string of the molecule is Cl.Cl.NCC(=O)NCC(=O)Nc1nc2c(s1)CN(Cc1ccccc1)CC2. The summed E-state index contributed by atoms with van der Waals surface area (Å²) in [7, 11) is 0. The smallest absolute Gasteiger partial charge is 0.245 e. The molecule has 1 aliphatic heterocycles. The number of benzene rings is 1. The van der Waals surface area contributed by atoms with E-state index in [0.717, 1.165) is 31.7 Å². The fraction of sp³-hybridized carbons (Fsp3) is 0.353. The molecule has 0 atom stereocenters. The zero-order valence-corrected chi connectivity index (χ0v) is 17.1. The summed E-state index contributed by atoms with van der Waals surface area (Å²) >= 11 is 1.50. The Morgan fingerprint density at radius 2 is 1.93 bits per heavy atom. The summed E-state index contributed by atoms with van der Waals surface area (Å²) in [5.41, 5.74) is 7.53. The third kappa shape index (κ3) is 6.75. The molecule has 2 aromatic rings. The quantitative estimate of drug-likeness (QED) is 0.643. The van der Waals surface area contributed by atoms with E-state index in [4.69, 9.17) is 5.73 Å². The van der Waals surface area contributed by atoms with Crippen molar-refractivity contribution in [1.29, 1.82) is 0 Å². The summed E-state index contributed by atoms with van der Waals surface area (Å²) in [4.78, 5) is 31.0. The highest BCUT2D eigenvalue weighted by Crippen LogP contribution is 2.28. The minimum atomic E-state index is -0.356. The van der Waals surface area contributed by atoms with Crippen LogP contribution in [0.25, 0.3) is 0 Å². The van der Waals surface area contributed by atoms with Crippen LogP contribution < -0.4 is 16.4 Å². The number of nitrogens with one attached hydrogen (secondary N) is 2. The molecule has 0 radical (unpaired) electrons. The molecule has 0 saturated carbocycles. The fourth-order valence-electron chi connectivity index (χ4n) is 2.69. The lowest BCUT2D eigenvalue weighted by atomic mass is 10.1. The number of hydrogen-bond donors (Lipinski definition) is 3. The van der Waals surface area contributed by atoms with Crippen LogP contribution in [0.3, 0.4) is 0 Å². The van der Waals surface area contributed by atoms with Crippen LogP contribution in [-0.4, -0.2) is 41.3 Å². The van der Waals surface area contributed by atoms with Crippen molar-refractivity contribution >= 4 is 53.1 Å². The normalized spacial score (nSPS) is 12.9. The van der Waals surface area contributed by atoms with Crippen LogP contribution in [0.15, 0.2) is 30.3 Å². The predicted octanol–water partition coefficient (Wildman–Crippen LogP) is 1.56. The van der Waals surface area contributed by atoms with Crippen molar-refractivity contribution in [3.8, 4) is 0 Å². The van der Waals surface area contributed by atoms with Gasteiger partial charge in [-0.25, -0.2) is 4.98 Å². The van der Waals surface area contributed by atoms with E-state index in [1.807, 2.05) is 6.07 Å². The Morgan fingerprint density at radius 1 is 1.19 bits per heavy atom. The highest BCUT2D eigenvalue weighted by molar-refractivity contribution is 7.15. The molecule has 27 heavy (non-hydrogen) atoms. The molecule has 4 N–H and O–H groups in total. The number of rotatable bonds is 6. The number of halogens is 2. The molecule has 3 rings (SSSR count). The number of nitrogens with zero attached hydrogens (tertiary/aromatic N) is 2. The first kappa shape index (κ1) is 23.3. The predicted molar refractivity (Wildman–Crippen MR) is 112 cm³/mol. The number of aromatic nitrogens is 1. The maximum atomic E-state index is 11.8. The molecule has 0 bridgehead atoms. The second-order valence-electron chi connectivity index (χ2n) is 5.86. The van der Waals surface area contributed by atoms with Crippen molar-refractivity contribution in [2.75, 3.05) is 25.0 Å². The lowest BCUT2D eigenvalue weighted by molar-refractivity contribution is -0.123. The van der Waals surface area contributed by atoms with Gasteiger partial charge in [0.05, 0.1) is 18.8 Å². The van der Waals surface area contributed by atoms with E-state index >= 15 is 0 Å². The van der Waals surface area contributed by atoms with Crippen molar-refractivity contribution in [3.05, 3.63) is 46.5 Å². The molecule has 0 unspecified atom stereocenters. The van der Waals surface area contributed by atoms with E-state index in [0.29, 0.717) is 5.13 Å². The molecule has 148 valence electrons. The largest absolute Gasteiger partial charge is 0.346 e. The van der Waals surface area contributed by atoms with E-state index in [1.165, 1.54) is 21.8 Å². The second-order valence-corrected chi connectivity index (χ2v) is 6.95. The number of anilines is 1. The zero-order chi connectivity index (χ0) is 17.6. The maximum Gasteiger partial charge on any atom is 0.245 e. The van der Waals surface area contributed by atoms with Gasteiger partial charge in [-0.2, -0.15) is 0 Å². The Kier molecular flexibility index (Phi) is 9.68. The van der Waals surface area contributed by atoms with E-state index in [1.54, 1.807) is 0 Å². The van der Waals surface area contributed by atoms with Gasteiger partial charge in [0.2, 0.25) is 11.8 Å². The van der Waals surface area contributed by atoms with Gasteiger partial charge in [0, 0.05) is 30.9 Å². The van der Waals surface area contributed by atoms with Gasteiger partial charge in [-0.1, -0.05) is 30.3 Å². The van der Waals surface area contributed by atoms with E-state index in [9.17, 15) is 9.59 Å². The highest BCUT2D eigenvalue weighted by Gasteiger charge is 2.21. The first-order valence-corrected chi connectivity index (χ1v) is 8.97. The molecule has 0 spiro atoms. The molecular weight excluding hydrogens is 409 g/mol. The van der Waals surface area contributed by atoms with Crippen LogP contribution in [0.4, 0.5) is 5.13 Å². The Morgan fingerprint density at radius 3 is 2.63 bits per heavy atom. The molecule has 0 fully saturated rings. The molecule has 1 aromatic carbocycles. The molecule has 0 aliphatic carbocycles. The van der Waals surface area contributed by atoms with Crippen LogP contribution in [0.2, 0.25) is 0 Å². The van der Waals surface area contributed by atoms with Crippen molar-refractivity contribution in [3.63, 3.8) is 0 Å². The standard InChI is InChI=1S/C17H21N5O2S.2ClH/c18-8-15(23)19-9-16(24)21-17-20-13-6-7-22(11-14(13)25-17)10-12-4-2-1-3-5-12;;/h1-5H,6-11,18H2,(H,19,23)(H,20,21,24);2*1H. The third-order valence-electron chi connectivity index (χ3n) is 3.94. The van der Waals surface area contributed by atoms with Gasteiger partial charge in [-0.3, -0.25) is 14.5 Å². The Labute approximate surface area is 174 Å². The lowest BCUT2D eigenvalue weighted by Gasteiger charge is -2.25. The van der Waals surface area contributed by atoms with Gasteiger partial charge < -0.3 is 16.4 Å². The Bertz CT molecular complexity index is 757. The average Bonchev–Trinajstić information content (AvgIpc) is 3.02. The summed E-state index contributed by atoms with van der Waals surface area (Å²) in [6.07, 6.45) is 0.873. The number of thiazole rings is 1. The summed E-state index contributed by atoms with van der Waals surface area (Å²) < 4.78 is 0. The van der Waals surface area contributed by atoms with Gasteiger partial charge in [-0.05, 0) is 5.56 Å². The number of nitrogens with two attached hydrogens (primary N) is 1. The van der Waals surface area contributed by atoms with Gasteiger partial charge in [0.1, 0.15) is 0 Å². The summed E-state index contributed by atoms with van der Waals surface area (Å²) in [5.74, 6) is -0.654.